The molecule has 0 bridgehead atoms. The average Bonchev–Trinajstić information content (AvgIpc) is 3.14. The molecule has 1 aliphatic carbocycles. The van der Waals surface area contributed by atoms with Crippen molar-refractivity contribution in [1.29, 1.82) is 0 Å². The summed E-state index contributed by atoms with van der Waals surface area (Å²) in [6.07, 6.45) is 1.08. The number of Topliss-reactive ketones (excluding diaryl/α,β-unsaturated/α-hetero) is 1. The van der Waals surface area contributed by atoms with Gasteiger partial charge in [-0.3, -0.25) is 14.6 Å². The highest BCUT2D eigenvalue weighted by Gasteiger charge is 2.48. The lowest BCUT2D eigenvalue weighted by atomic mass is 9.68. The number of nitrogens with zero attached hydrogens (tertiary/aromatic N) is 2. The van der Waals surface area contributed by atoms with Gasteiger partial charge in [-0.25, -0.2) is 0 Å². The summed E-state index contributed by atoms with van der Waals surface area (Å²) < 4.78 is 12.7. The van der Waals surface area contributed by atoms with Gasteiger partial charge in [0, 0.05) is 30.7 Å². The average molecular weight is 573 g/mol. The van der Waals surface area contributed by atoms with Gasteiger partial charge in [0.1, 0.15) is 30.5 Å². The smallest absolute Gasteiger partial charge is 0.224 e. The van der Waals surface area contributed by atoms with Crippen LogP contribution in [0.3, 0.4) is 0 Å². The van der Waals surface area contributed by atoms with Gasteiger partial charge in [-0.1, -0.05) is 86.6 Å². The monoisotopic (exact) mass is 572 g/mol. The predicted molar refractivity (Wildman–Crippen MR) is 169 cm³/mol. The quantitative estimate of drug-likeness (QED) is 0.225. The Morgan fingerprint density at radius 2 is 1.47 bits per heavy atom. The molecular weight excluding hydrogens is 536 g/mol. The summed E-state index contributed by atoms with van der Waals surface area (Å²) in [5, 5.41) is 0. The van der Waals surface area contributed by atoms with Crippen LogP contribution in [0.5, 0.6) is 11.5 Å². The maximum Gasteiger partial charge on any atom is 0.224 e. The summed E-state index contributed by atoms with van der Waals surface area (Å²) >= 11 is 0. The molecule has 43 heavy (non-hydrogen) atoms. The third-order valence-corrected chi connectivity index (χ3v) is 8.15. The van der Waals surface area contributed by atoms with E-state index in [4.69, 9.17) is 14.5 Å². The van der Waals surface area contributed by atoms with Crippen molar-refractivity contribution < 1.29 is 19.1 Å². The number of fused-ring (bicyclic) bond motifs is 2. The van der Waals surface area contributed by atoms with Crippen molar-refractivity contribution in [2.45, 2.75) is 52.9 Å². The van der Waals surface area contributed by atoms with Crippen LogP contribution < -0.4 is 14.4 Å². The number of hydrogen-bond donors (Lipinski definition) is 0. The van der Waals surface area contributed by atoms with Gasteiger partial charge in [-0.2, -0.15) is 0 Å². The first-order valence-corrected chi connectivity index (χ1v) is 14.8. The summed E-state index contributed by atoms with van der Waals surface area (Å²) in [4.78, 5) is 34.3. The molecule has 6 rings (SSSR count). The molecule has 218 valence electrons. The normalized spacial score (nSPS) is 19.0. The van der Waals surface area contributed by atoms with E-state index in [1.807, 2.05) is 103 Å². The van der Waals surface area contributed by atoms with Crippen LogP contribution in [0, 0.1) is 11.3 Å². The van der Waals surface area contributed by atoms with Crippen molar-refractivity contribution in [2.75, 3.05) is 4.90 Å². The van der Waals surface area contributed by atoms with Crippen molar-refractivity contribution in [3.63, 3.8) is 0 Å². The molecule has 2 atom stereocenters. The van der Waals surface area contributed by atoms with E-state index in [0.717, 1.165) is 22.4 Å². The van der Waals surface area contributed by atoms with Gasteiger partial charge in [0.2, 0.25) is 5.91 Å². The summed E-state index contributed by atoms with van der Waals surface area (Å²) in [5.74, 6) is 0.535. The van der Waals surface area contributed by atoms with Crippen LogP contribution in [-0.4, -0.2) is 17.4 Å². The van der Waals surface area contributed by atoms with Crippen molar-refractivity contribution in [3.8, 4) is 11.5 Å². The van der Waals surface area contributed by atoms with E-state index in [9.17, 15) is 9.59 Å². The number of ether oxygens (including phenoxy) is 2. The van der Waals surface area contributed by atoms with Gasteiger partial charge >= 0.3 is 0 Å². The first-order valence-electron chi connectivity index (χ1n) is 14.8. The van der Waals surface area contributed by atoms with Crippen LogP contribution >= 0.6 is 0 Å². The minimum atomic E-state index is -0.627. The Morgan fingerprint density at radius 1 is 0.837 bits per heavy atom. The van der Waals surface area contributed by atoms with Gasteiger partial charge in [-0.15, -0.1) is 0 Å². The van der Waals surface area contributed by atoms with Crippen LogP contribution in [-0.2, 0) is 22.8 Å². The number of amides is 1. The maximum absolute atomic E-state index is 14.0. The lowest BCUT2D eigenvalue weighted by Crippen LogP contribution is -2.47. The molecule has 2 aliphatic rings. The van der Waals surface area contributed by atoms with Crippen LogP contribution in [0.4, 0.5) is 11.4 Å². The number of anilines is 1. The molecule has 1 amide bonds. The maximum atomic E-state index is 14.0. The van der Waals surface area contributed by atoms with E-state index in [1.54, 1.807) is 11.8 Å². The number of ketones is 1. The molecule has 0 N–H and O–H groups in total. The molecule has 4 aromatic rings. The molecule has 4 aromatic carbocycles. The molecule has 2 unspecified atom stereocenters. The number of para-hydroxylation sites is 2. The van der Waals surface area contributed by atoms with Gasteiger partial charge in [0.15, 0.2) is 0 Å². The summed E-state index contributed by atoms with van der Waals surface area (Å²) in [5.41, 5.74) is 4.78. The molecule has 1 saturated carbocycles. The van der Waals surface area contributed by atoms with Gasteiger partial charge in [-0.05, 0) is 47.2 Å². The Kier molecular flexibility index (Phi) is 7.85. The van der Waals surface area contributed by atoms with Crippen molar-refractivity contribution in [3.05, 3.63) is 120 Å². The number of carbonyl (C=O) groups excluding carboxylic acids is 2. The zero-order valence-electron chi connectivity index (χ0n) is 24.8. The fourth-order valence-electron chi connectivity index (χ4n) is 6.25. The van der Waals surface area contributed by atoms with E-state index in [-0.39, 0.29) is 17.1 Å². The standard InChI is InChI=1S/C37H36N2O4/c1-25(40)39-32-17-11-10-16-30(32)38-31-21-37(2,3)22-33(41)35(31)36(39)29-19-18-28(42-23-26-12-6-4-7-13-26)20-34(29)43-24-27-14-8-5-9-15-27/h4-20,35-36H,21-24H2,1-3H3. The third kappa shape index (κ3) is 6.09. The largest absolute Gasteiger partial charge is 0.489 e. The third-order valence-electron chi connectivity index (χ3n) is 8.15. The highest BCUT2D eigenvalue weighted by Crippen LogP contribution is 2.50. The molecule has 6 heteroatoms. The van der Waals surface area contributed by atoms with Crippen LogP contribution in [0.2, 0.25) is 0 Å². The minimum absolute atomic E-state index is 0.0810. The Balaban J connectivity index is 1.47. The lowest BCUT2D eigenvalue weighted by Gasteiger charge is -2.41. The fraction of sp³-hybridized carbons (Fsp3) is 0.270. The Bertz CT molecular complexity index is 1660. The molecule has 0 aromatic heterocycles. The number of carbonyl (C=O) groups is 2. The molecular formula is C37H36N2O4. The SMILES string of the molecule is CC(=O)N1c2ccccc2N=C2CC(C)(C)CC(=O)C2C1c1ccc(OCc2ccccc2)cc1OCc1ccccc1. The Morgan fingerprint density at radius 3 is 2.14 bits per heavy atom. The first-order chi connectivity index (χ1) is 20.8. The summed E-state index contributed by atoms with van der Waals surface area (Å²) in [6.45, 7) is 6.48. The minimum Gasteiger partial charge on any atom is -0.489 e. The van der Waals surface area contributed by atoms with E-state index >= 15 is 0 Å². The van der Waals surface area contributed by atoms with Crippen molar-refractivity contribution in [1.82, 2.24) is 0 Å². The lowest BCUT2D eigenvalue weighted by molar-refractivity contribution is -0.124. The second-order valence-electron chi connectivity index (χ2n) is 12.1. The number of rotatable bonds is 7. The fourth-order valence-corrected chi connectivity index (χ4v) is 6.25. The molecule has 0 radical (unpaired) electrons. The van der Waals surface area contributed by atoms with Crippen LogP contribution in [0.25, 0.3) is 0 Å². The van der Waals surface area contributed by atoms with Gasteiger partial charge < -0.3 is 14.4 Å². The van der Waals surface area contributed by atoms with E-state index in [1.165, 1.54) is 0 Å². The van der Waals surface area contributed by atoms with Crippen LogP contribution in [0.1, 0.15) is 56.3 Å². The number of aliphatic imine (C=N–C) groups is 1. The number of hydrogen-bond acceptors (Lipinski definition) is 5. The highest BCUT2D eigenvalue weighted by molar-refractivity contribution is 6.13. The van der Waals surface area contributed by atoms with Crippen molar-refractivity contribution in [2.24, 2.45) is 16.3 Å². The zero-order chi connectivity index (χ0) is 30.0. The Labute approximate surface area is 253 Å². The Hall–Kier alpha value is -4.71. The van der Waals surface area contributed by atoms with E-state index < -0.39 is 12.0 Å². The molecule has 1 fully saturated rings. The van der Waals surface area contributed by atoms with Crippen molar-refractivity contribution >= 4 is 28.8 Å². The predicted octanol–water partition coefficient (Wildman–Crippen LogP) is 8.03. The van der Waals surface area contributed by atoms with Crippen LogP contribution in [0.15, 0.2) is 108 Å². The number of benzene rings is 4. The van der Waals surface area contributed by atoms with E-state index in [2.05, 4.69) is 13.8 Å². The highest BCUT2D eigenvalue weighted by atomic mass is 16.5. The second-order valence-corrected chi connectivity index (χ2v) is 12.1. The van der Waals surface area contributed by atoms with E-state index in [0.29, 0.717) is 48.9 Å². The second kappa shape index (κ2) is 11.9. The summed E-state index contributed by atoms with van der Waals surface area (Å²) in [7, 11) is 0. The zero-order valence-corrected chi connectivity index (χ0v) is 24.8. The molecule has 1 aliphatic heterocycles. The topological polar surface area (TPSA) is 68.2 Å². The first kappa shape index (κ1) is 28.4. The molecule has 1 heterocycles. The molecule has 0 spiro atoms. The molecule has 0 saturated heterocycles. The summed E-state index contributed by atoms with van der Waals surface area (Å²) in [6, 6.07) is 32.7. The molecule has 6 nitrogen and oxygen atoms in total. The van der Waals surface area contributed by atoms with Gasteiger partial charge in [0.25, 0.3) is 0 Å². The van der Waals surface area contributed by atoms with Gasteiger partial charge in [0.05, 0.1) is 23.3 Å².